The maximum Gasteiger partial charge on any atom is 0.160 e. The minimum Gasteiger partial charge on any atom is -0.454 e. The molecular weight excluding hydrogens is 657 g/mol. The molecule has 0 amide bonds. The molecule has 3 heteroatoms. The molecule has 13 rings (SSSR count). The van der Waals surface area contributed by atoms with Crippen molar-refractivity contribution in [3.63, 3.8) is 0 Å². The Hall–Kier alpha value is -7.10. The number of furan rings is 1. The van der Waals surface area contributed by atoms with Crippen LogP contribution in [-0.2, 0) is 0 Å². The molecule has 0 fully saturated rings. The predicted octanol–water partition coefficient (Wildman–Crippen LogP) is 14.0. The van der Waals surface area contributed by atoms with E-state index < -0.39 is 0 Å². The summed E-state index contributed by atoms with van der Waals surface area (Å²) in [7, 11) is 0. The van der Waals surface area contributed by atoms with Gasteiger partial charge in [0.05, 0.1) is 22.1 Å². The van der Waals surface area contributed by atoms with E-state index in [1.54, 1.807) is 0 Å². The third kappa shape index (κ3) is 3.52. The molecule has 250 valence electrons. The van der Waals surface area contributed by atoms with E-state index in [9.17, 15) is 0 Å². The molecule has 0 unspecified atom stereocenters. The van der Waals surface area contributed by atoms with Crippen LogP contribution in [0.15, 0.2) is 168 Å². The highest BCUT2D eigenvalue weighted by molar-refractivity contribution is 6.28. The second-order valence-electron chi connectivity index (χ2n) is 14.9. The number of benzene rings is 9. The van der Waals surface area contributed by atoms with Gasteiger partial charge >= 0.3 is 0 Å². The van der Waals surface area contributed by atoms with Crippen molar-refractivity contribution < 1.29 is 4.42 Å². The summed E-state index contributed by atoms with van der Waals surface area (Å²) < 4.78 is 11.9. The van der Waals surface area contributed by atoms with Crippen molar-refractivity contribution in [1.29, 1.82) is 0 Å². The van der Waals surface area contributed by atoms with E-state index in [2.05, 4.69) is 180 Å². The number of hydrogen-bond acceptors (Lipinski definition) is 1. The Morgan fingerprint density at radius 1 is 0.407 bits per heavy atom. The van der Waals surface area contributed by atoms with Gasteiger partial charge in [-0.25, -0.2) is 0 Å². The highest BCUT2D eigenvalue weighted by atomic mass is 16.3. The van der Waals surface area contributed by atoms with Gasteiger partial charge in [-0.05, 0) is 98.8 Å². The fraction of sp³-hybridized carbons (Fsp3) is 0.0196. The summed E-state index contributed by atoms with van der Waals surface area (Å²) in [6.45, 7) is 2.24. The summed E-state index contributed by atoms with van der Waals surface area (Å²) in [6, 6.07) is 60.3. The number of fused-ring (bicyclic) bond motifs is 15. The molecule has 0 N–H and O–H groups in total. The van der Waals surface area contributed by atoms with Crippen LogP contribution in [0.3, 0.4) is 0 Å². The van der Waals surface area contributed by atoms with Gasteiger partial charge in [-0.2, -0.15) is 0 Å². The average molecular weight is 687 g/mol. The molecule has 1 aliphatic rings. The molecule has 0 spiro atoms. The van der Waals surface area contributed by atoms with E-state index in [0.717, 1.165) is 38.8 Å². The lowest BCUT2D eigenvalue weighted by molar-refractivity contribution is 0.671. The van der Waals surface area contributed by atoms with E-state index in [4.69, 9.17) is 4.42 Å². The Morgan fingerprint density at radius 2 is 1.04 bits per heavy atom. The van der Waals surface area contributed by atoms with Crippen molar-refractivity contribution in [2.75, 3.05) is 0 Å². The molecule has 3 nitrogen and oxygen atoms in total. The first-order chi connectivity index (χ1) is 26.7. The van der Waals surface area contributed by atoms with Gasteiger partial charge in [0.25, 0.3) is 0 Å². The van der Waals surface area contributed by atoms with Crippen LogP contribution in [0, 0.1) is 6.92 Å². The van der Waals surface area contributed by atoms with Crippen LogP contribution in [-0.4, -0.2) is 9.13 Å². The monoisotopic (exact) mass is 686 g/mol. The van der Waals surface area contributed by atoms with Gasteiger partial charge in [0.2, 0.25) is 0 Å². The molecule has 54 heavy (non-hydrogen) atoms. The smallest absolute Gasteiger partial charge is 0.160 e. The molecule has 3 aromatic heterocycles. The first kappa shape index (κ1) is 28.5. The van der Waals surface area contributed by atoms with Crippen LogP contribution in [0.4, 0.5) is 0 Å². The molecule has 1 aliphatic carbocycles. The standard InChI is InChI=1S/C51H30N2O/c1-29-26-31-10-2-3-11-32(31)27-45(29)53-49-40(41-24-25-42-36-15-5-7-19-46(36)54-51(42)50(41)53)23-22-39-35-14-4-6-18-44(35)52(48(39)49)33-20-21-34-37-16-8-12-30-13-9-17-38(47(30)37)43(34)28-33/h2-28H,1H3. The number of para-hydroxylation sites is 2. The van der Waals surface area contributed by atoms with Crippen LogP contribution in [0.1, 0.15) is 5.56 Å². The van der Waals surface area contributed by atoms with Gasteiger partial charge in [-0.1, -0.05) is 121 Å². The predicted molar refractivity (Wildman–Crippen MR) is 227 cm³/mol. The number of aryl methyl sites for hydroxylation is 1. The van der Waals surface area contributed by atoms with Gasteiger partial charge in [-0.3, -0.25) is 0 Å². The SMILES string of the molecule is Cc1cc2ccccc2cc1-n1c2c(ccc3c4ccccc4oc32)c2ccc3c4ccccc4n(-c4ccc5c(c4)-c4cccc6cccc-5c46)c3c21. The van der Waals surface area contributed by atoms with Crippen molar-refractivity contribution >= 4 is 87.1 Å². The zero-order chi connectivity index (χ0) is 35.2. The minimum absolute atomic E-state index is 0.903. The first-order valence-electron chi connectivity index (χ1n) is 18.7. The molecule has 0 saturated carbocycles. The van der Waals surface area contributed by atoms with E-state index in [1.807, 2.05) is 0 Å². The number of rotatable bonds is 2. The Bertz CT molecular complexity index is 3620. The Kier molecular flexibility index (Phi) is 5.31. The van der Waals surface area contributed by atoms with E-state index in [0.29, 0.717) is 0 Å². The molecule has 0 aliphatic heterocycles. The lowest BCUT2D eigenvalue weighted by atomic mass is 10.0. The zero-order valence-electron chi connectivity index (χ0n) is 29.4. The molecule has 0 saturated heterocycles. The molecule has 0 atom stereocenters. The van der Waals surface area contributed by atoms with Crippen LogP contribution in [0.5, 0.6) is 0 Å². The second kappa shape index (κ2) is 10.1. The van der Waals surface area contributed by atoms with Gasteiger partial charge in [-0.15, -0.1) is 0 Å². The quantitative estimate of drug-likeness (QED) is 0.177. The van der Waals surface area contributed by atoms with Crippen molar-refractivity contribution in [3.05, 3.63) is 169 Å². The molecule has 3 heterocycles. The maximum absolute atomic E-state index is 6.85. The Morgan fingerprint density at radius 3 is 1.87 bits per heavy atom. The van der Waals surface area contributed by atoms with Crippen LogP contribution < -0.4 is 0 Å². The molecule has 0 radical (unpaired) electrons. The van der Waals surface area contributed by atoms with Gasteiger partial charge in [0.1, 0.15) is 5.58 Å². The summed E-state index contributed by atoms with van der Waals surface area (Å²) in [5, 5.41) is 12.2. The third-order valence-electron chi connectivity index (χ3n) is 12.1. The highest BCUT2D eigenvalue weighted by Gasteiger charge is 2.26. The first-order valence-corrected chi connectivity index (χ1v) is 18.7. The molecular formula is C51H30N2O. The van der Waals surface area contributed by atoms with Crippen LogP contribution in [0.25, 0.3) is 121 Å². The van der Waals surface area contributed by atoms with E-state index in [1.165, 1.54) is 87.5 Å². The number of hydrogen-bond donors (Lipinski definition) is 0. The van der Waals surface area contributed by atoms with Crippen molar-refractivity contribution in [1.82, 2.24) is 9.13 Å². The summed E-state index contributed by atoms with van der Waals surface area (Å²) >= 11 is 0. The highest BCUT2D eigenvalue weighted by Crippen LogP contribution is 2.50. The molecule has 12 aromatic rings. The topological polar surface area (TPSA) is 23.0 Å². The van der Waals surface area contributed by atoms with Crippen molar-refractivity contribution in [2.24, 2.45) is 0 Å². The second-order valence-corrected chi connectivity index (χ2v) is 14.9. The normalized spacial score (nSPS) is 12.5. The minimum atomic E-state index is 0.903. The summed E-state index contributed by atoms with van der Waals surface area (Å²) in [6.07, 6.45) is 0. The maximum atomic E-state index is 6.85. The lowest BCUT2D eigenvalue weighted by Gasteiger charge is -2.16. The van der Waals surface area contributed by atoms with Gasteiger partial charge < -0.3 is 13.6 Å². The average Bonchev–Trinajstić information content (AvgIpc) is 3.95. The summed E-state index contributed by atoms with van der Waals surface area (Å²) in [5.41, 5.74) is 15.2. The number of aromatic nitrogens is 2. The van der Waals surface area contributed by atoms with E-state index in [-0.39, 0.29) is 0 Å². The number of nitrogens with zero attached hydrogens (tertiary/aromatic N) is 2. The zero-order valence-corrected chi connectivity index (χ0v) is 29.4. The Labute approximate surface area is 309 Å². The molecule has 9 aromatic carbocycles. The van der Waals surface area contributed by atoms with Crippen LogP contribution >= 0.6 is 0 Å². The third-order valence-corrected chi connectivity index (χ3v) is 12.1. The van der Waals surface area contributed by atoms with E-state index >= 15 is 0 Å². The fourth-order valence-corrected chi connectivity index (χ4v) is 9.82. The van der Waals surface area contributed by atoms with Crippen LogP contribution in [0.2, 0.25) is 0 Å². The lowest BCUT2D eigenvalue weighted by Crippen LogP contribution is -2.01. The Balaban J connectivity index is 1.23. The van der Waals surface area contributed by atoms with Crippen molar-refractivity contribution in [2.45, 2.75) is 6.92 Å². The summed E-state index contributed by atoms with van der Waals surface area (Å²) in [4.78, 5) is 0. The fourth-order valence-electron chi connectivity index (χ4n) is 9.82. The largest absolute Gasteiger partial charge is 0.454 e. The van der Waals surface area contributed by atoms with Gasteiger partial charge in [0, 0.05) is 43.7 Å². The van der Waals surface area contributed by atoms with Gasteiger partial charge in [0.15, 0.2) is 5.58 Å². The summed E-state index contributed by atoms with van der Waals surface area (Å²) in [5.74, 6) is 0. The molecule has 0 bridgehead atoms. The van der Waals surface area contributed by atoms with Crippen molar-refractivity contribution in [3.8, 4) is 33.6 Å².